The van der Waals surface area contributed by atoms with Crippen LogP contribution in [-0.2, 0) is 11.8 Å². The van der Waals surface area contributed by atoms with Gasteiger partial charge in [0.25, 0.3) is 0 Å². The van der Waals surface area contributed by atoms with E-state index in [0.29, 0.717) is 5.75 Å². The summed E-state index contributed by atoms with van der Waals surface area (Å²) in [5.41, 5.74) is 2.84. The minimum atomic E-state index is -0.137. The van der Waals surface area contributed by atoms with E-state index in [2.05, 4.69) is 44.8 Å². The van der Waals surface area contributed by atoms with Crippen LogP contribution in [0.3, 0.4) is 0 Å². The number of pyridine rings is 1. The lowest BCUT2D eigenvalue weighted by Gasteiger charge is -2.19. The van der Waals surface area contributed by atoms with E-state index in [9.17, 15) is 5.11 Å². The Morgan fingerprint density at radius 1 is 1.18 bits per heavy atom. The molecular formula is C15H19NO. The number of aryl methyl sites for hydroxylation is 1. The minimum absolute atomic E-state index is 0.137. The number of hydrogen-bond acceptors (Lipinski definition) is 2. The van der Waals surface area contributed by atoms with E-state index in [1.807, 2.05) is 12.1 Å². The lowest BCUT2D eigenvalue weighted by molar-refractivity contribution is 0.440. The molecule has 0 bridgehead atoms. The van der Waals surface area contributed by atoms with Crippen molar-refractivity contribution in [2.75, 3.05) is 0 Å². The van der Waals surface area contributed by atoms with Gasteiger partial charge in [0.05, 0.1) is 11.2 Å². The fraction of sp³-hybridized carbons (Fsp3) is 0.400. The van der Waals surface area contributed by atoms with Gasteiger partial charge >= 0.3 is 0 Å². The maximum atomic E-state index is 10.0. The van der Waals surface area contributed by atoms with E-state index in [-0.39, 0.29) is 5.41 Å². The van der Waals surface area contributed by atoms with Gasteiger partial charge in [0.15, 0.2) is 0 Å². The van der Waals surface area contributed by atoms with Crippen molar-refractivity contribution in [1.29, 1.82) is 0 Å². The molecule has 0 atom stereocenters. The first-order chi connectivity index (χ1) is 7.91. The third-order valence-corrected chi connectivity index (χ3v) is 2.98. The molecule has 0 aliphatic carbocycles. The van der Waals surface area contributed by atoms with Crippen LogP contribution in [0.15, 0.2) is 24.3 Å². The summed E-state index contributed by atoms with van der Waals surface area (Å²) in [4.78, 5) is 4.57. The smallest absolute Gasteiger partial charge is 0.138 e. The van der Waals surface area contributed by atoms with Crippen molar-refractivity contribution in [3.8, 4) is 5.75 Å². The van der Waals surface area contributed by atoms with Crippen molar-refractivity contribution >= 4 is 10.9 Å². The second kappa shape index (κ2) is 4.02. The van der Waals surface area contributed by atoms with E-state index in [4.69, 9.17) is 0 Å². The van der Waals surface area contributed by atoms with E-state index >= 15 is 0 Å². The predicted molar refractivity (Wildman–Crippen MR) is 71.5 cm³/mol. The van der Waals surface area contributed by atoms with Gasteiger partial charge in [0.2, 0.25) is 0 Å². The summed E-state index contributed by atoms with van der Waals surface area (Å²) in [5.74, 6) is 0.290. The van der Waals surface area contributed by atoms with Crippen LogP contribution >= 0.6 is 0 Å². The van der Waals surface area contributed by atoms with Gasteiger partial charge < -0.3 is 5.11 Å². The van der Waals surface area contributed by atoms with Crippen LogP contribution in [0.25, 0.3) is 10.9 Å². The third-order valence-electron chi connectivity index (χ3n) is 2.98. The predicted octanol–water partition coefficient (Wildman–Crippen LogP) is 3.80. The number of nitrogens with zero attached hydrogens (tertiary/aromatic N) is 1. The second-order valence-electron chi connectivity index (χ2n) is 5.49. The van der Waals surface area contributed by atoms with Crippen LogP contribution < -0.4 is 0 Å². The van der Waals surface area contributed by atoms with Crippen LogP contribution in [0, 0.1) is 0 Å². The number of rotatable bonds is 1. The van der Waals surface area contributed by atoms with Crippen LogP contribution in [-0.4, -0.2) is 10.1 Å². The average Bonchev–Trinajstić information content (AvgIpc) is 2.25. The van der Waals surface area contributed by atoms with Gasteiger partial charge in [-0.3, -0.25) is 0 Å². The molecule has 0 fully saturated rings. The van der Waals surface area contributed by atoms with Crippen LogP contribution in [0.4, 0.5) is 0 Å². The molecule has 0 spiro atoms. The molecule has 0 aliphatic rings. The van der Waals surface area contributed by atoms with Crippen molar-refractivity contribution < 1.29 is 5.11 Å². The largest absolute Gasteiger partial charge is 0.506 e. The average molecular weight is 229 g/mol. The molecule has 0 saturated carbocycles. The van der Waals surface area contributed by atoms with Gasteiger partial charge in [-0.2, -0.15) is 0 Å². The molecule has 2 heteroatoms. The molecule has 1 aromatic carbocycles. The molecule has 0 radical (unpaired) electrons. The zero-order valence-corrected chi connectivity index (χ0v) is 10.9. The van der Waals surface area contributed by atoms with Gasteiger partial charge in [-0.05, 0) is 30.2 Å². The number of fused-ring (bicyclic) bond motifs is 1. The van der Waals surface area contributed by atoms with E-state index in [1.165, 1.54) is 5.56 Å². The second-order valence-corrected chi connectivity index (χ2v) is 5.49. The molecule has 17 heavy (non-hydrogen) atoms. The van der Waals surface area contributed by atoms with Crippen molar-refractivity contribution in [2.24, 2.45) is 0 Å². The Hall–Kier alpha value is -1.57. The molecule has 1 aromatic heterocycles. The maximum absolute atomic E-state index is 10.0. The van der Waals surface area contributed by atoms with Gasteiger partial charge in [-0.1, -0.05) is 33.8 Å². The molecular weight excluding hydrogens is 210 g/mol. The van der Waals surface area contributed by atoms with E-state index in [0.717, 1.165) is 23.0 Å². The fourth-order valence-corrected chi connectivity index (χ4v) is 1.99. The summed E-state index contributed by atoms with van der Waals surface area (Å²) in [6.45, 7) is 8.29. The van der Waals surface area contributed by atoms with Crippen molar-refractivity contribution in [1.82, 2.24) is 4.98 Å². The third kappa shape index (κ3) is 2.26. The lowest BCUT2D eigenvalue weighted by atomic mass is 9.90. The molecule has 0 unspecified atom stereocenters. The van der Waals surface area contributed by atoms with Crippen molar-refractivity contribution in [2.45, 2.75) is 39.5 Å². The van der Waals surface area contributed by atoms with Gasteiger partial charge in [0.1, 0.15) is 5.75 Å². The Morgan fingerprint density at radius 3 is 2.47 bits per heavy atom. The standard InChI is InChI=1S/C15H19NO/c1-5-10-6-7-12-11(8-10)9-13(17)14(16-12)15(2,3)4/h6-9,17H,5H2,1-4H3. The highest BCUT2D eigenvalue weighted by molar-refractivity contribution is 5.81. The van der Waals surface area contributed by atoms with Gasteiger partial charge in [-0.25, -0.2) is 4.98 Å². The lowest BCUT2D eigenvalue weighted by Crippen LogP contribution is -2.13. The Bertz CT molecular complexity index is 553. The summed E-state index contributed by atoms with van der Waals surface area (Å²) in [5, 5.41) is 11.1. The topological polar surface area (TPSA) is 33.1 Å². The Balaban J connectivity index is 2.66. The normalized spacial score (nSPS) is 12.0. The van der Waals surface area contributed by atoms with Gasteiger partial charge in [-0.15, -0.1) is 0 Å². The first-order valence-electron chi connectivity index (χ1n) is 6.05. The molecule has 2 rings (SSSR count). The van der Waals surface area contributed by atoms with Gasteiger partial charge in [0, 0.05) is 10.8 Å². The van der Waals surface area contributed by atoms with Crippen molar-refractivity contribution in [3.05, 3.63) is 35.5 Å². The Labute approximate surface area is 102 Å². The van der Waals surface area contributed by atoms with E-state index < -0.39 is 0 Å². The molecule has 0 aliphatic heterocycles. The quantitative estimate of drug-likeness (QED) is 0.806. The fourth-order valence-electron chi connectivity index (χ4n) is 1.99. The minimum Gasteiger partial charge on any atom is -0.506 e. The highest BCUT2D eigenvalue weighted by Crippen LogP contribution is 2.31. The summed E-state index contributed by atoms with van der Waals surface area (Å²) in [6, 6.07) is 8.04. The first-order valence-corrected chi connectivity index (χ1v) is 6.05. The maximum Gasteiger partial charge on any atom is 0.138 e. The Kier molecular flexibility index (Phi) is 2.82. The zero-order chi connectivity index (χ0) is 12.6. The molecule has 90 valence electrons. The number of benzene rings is 1. The van der Waals surface area contributed by atoms with Crippen molar-refractivity contribution in [3.63, 3.8) is 0 Å². The molecule has 1 heterocycles. The summed E-state index contributed by atoms with van der Waals surface area (Å²) in [7, 11) is 0. The molecule has 2 nitrogen and oxygen atoms in total. The zero-order valence-electron chi connectivity index (χ0n) is 10.9. The monoisotopic (exact) mass is 229 g/mol. The summed E-state index contributed by atoms with van der Waals surface area (Å²) in [6.07, 6.45) is 0.998. The van der Waals surface area contributed by atoms with Crippen LogP contribution in [0.1, 0.15) is 39.0 Å². The highest BCUT2D eigenvalue weighted by Gasteiger charge is 2.20. The Morgan fingerprint density at radius 2 is 1.88 bits per heavy atom. The number of aromatic nitrogens is 1. The molecule has 0 amide bonds. The SMILES string of the molecule is CCc1ccc2nc(C(C)(C)C)c(O)cc2c1. The number of aromatic hydroxyl groups is 1. The molecule has 0 saturated heterocycles. The number of hydrogen-bond donors (Lipinski definition) is 1. The van der Waals surface area contributed by atoms with E-state index in [1.54, 1.807) is 0 Å². The summed E-state index contributed by atoms with van der Waals surface area (Å²) < 4.78 is 0. The van der Waals surface area contributed by atoms with Crippen LogP contribution in [0.5, 0.6) is 5.75 Å². The first kappa shape index (κ1) is 11.9. The van der Waals surface area contributed by atoms with Crippen LogP contribution in [0.2, 0.25) is 0 Å². The molecule has 2 aromatic rings. The highest BCUT2D eigenvalue weighted by atomic mass is 16.3. The molecule has 1 N–H and O–H groups in total. The summed E-state index contributed by atoms with van der Waals surface area (Å²) >= 11 is 0.